The fraction of sp³-hybridized carbons (Fsp3) is 0.333. The first-order chi connectivity index (χ1) is 10.1. The molecule has 0 amide bonds. The minimum Gasteiger partial charge on any atom is -0.460 e. The van der Waals surface area contributed by atoms with Crippen LogP contribution in [-0.4, -0.2) is 17.6 Å². The van der Waals surface area contributed by atoms with E-state index in [-0.39, 0.29) is 29.7 Å². The van der Waals surface area contributed by atoms with Gasteiger partial charge in [0.2, 0.25) is 11.7 Å². The lowest BCUT2D eigenvalue weighted by Crippen LogP contribution is -2.05. The highest BCUT2D eigenvalue weighted by Gasteiger charge is 2.34. The predicted molar refractivity (Wildman–Crippen MR) is 69.8 cm³/mol. The Morgan fingerprint density at radius 3 is 2.57 bits per heavy atom. The van der Waals surface area contributed by atoms with Crippen LogP contribution in [0.1, 0.15) is 41.9 Å². The van der Waals surface area contributed by atoms with Crippen LogP contribution in [0.25, 0.3) is 11.5 Å². The molecule has 110 valence electrons. The Bertz CT molecular complexity index is 672. The SMILES string of the molecule is CCOC(=O)c1oc(-c2cc(F)cc(F)c2)nc1C1CC1. The Balaban J connectivity index is 2.03. The number of benzene rings is 1. The number of hydrogen-bond acceptors (Lipinski definition) is 4. The Morgan fingerprint density at radius 1 is 1.33 bits per heavy atom. The van der Waals surface area contributed by atoms with Gasteiger partial charge in [-0.2, -0.15) is 0 Å². The summed E-state index contributed by atoms with van der Waals surface area (Å²) in [6.45, 7) is 1.90. The monoisotopic (exact) mass is 293 g/mol. The van der Waals surface area contributed by atoms with Crippen molar-refractivity contribution in [1.82, 2.24) is 4.98 Å². The Labute approximate surface area is 119 Å². The van der Waals surface area contributed by atoms with Crippen molar-refractivity contribution in [2.75, 3.05) is 6.61 Å². The summed E-state index contributed by atoms with van der Waals surface area (Å²) in [4.78, 5) is 16.1. The number of esters is 1. The lowest BCUT2D eigenvalue weighted by atomic mass is 10.2. The van der Waals surface area contributed by atoms with Gasteiger partial charge in [-0.25, -0.2) is 18.6 Å². The summed E-state index contributed by atoms with van der Waals surface area (Å²) < 4.78 is 36.9. The number of ether oxygens (including phenoxy) is 1. The van der Waals surface area contributed by atoms with Gasteiger partial charge >= 0.3 is 5.97 Å². The zero-order valence-corrected chi connectivity index (χ0v) is 11.4. The maximum absolute atomic E-state index is 13.3. The molecule has 1 aromatic carbocycles. The Morgan fingerprint density at radius 2 is 2.00 bits per heavy atom. The van der Waals surface area contributed by atoms with Crippen LogP contribution in [0.5, 0.6) is 0 Å². The molecule has 0 unspecified atom stereocenters. The van der Waals surface area contributed by atoms with Crippen LogP contribution < -0.4 is 0 Å². The van der Waals surface area contributed by atoms with Gasteiger partial charge in [0.05, 0.1) is 12.3 Å². The second-order valence-electron chi connectivity index (χ2n) is 4.89. The summed E-state index contributed by atoms with van der Waals surface area (Å²) in [6.07, 6.45) is 1.83. The zero-order chi connectivity index (χ0) is 15.0. The first-order valence-electron chi connectivity index (χ1n) is 6.72. The molecule has 21 heavy (non-hydrogen) atoms. The van der Waals surface area contributed by atoms with E-state index in [2.05, 4.69) is 4.98 Å². The number of aromatic nitrogens is 1. The molecule has 0 aliphatic heterocycles. The Hall–Kier alpha value is -2.24. The van der Waals surface area contributed by atoms with E-state index in [0.717, 1.165) is 31.0 Å². The minimum absolute atomic E-state index is 0.0263. The van der Waals surface area contributed by atoms with E-state index in [0.29, 0.717) is 5.69 Å². The zero-order valence-electron chi connectivity index (χ0n) is 11.4. The molecular formula is C15H13F2NO3. The molecule has 0 spiro atoms. The van der Waals surface area contributed by atoms with Crippen molar-refractivity contribution in [3.8, 4) is 11.5 Å². The van der Waals surface area contributed by atoms with Crippen molar-refractivity contribution in [3.63, 3.8) is 0 Å². The highest BCUT2D eigenvalue weighted by atomic mass is 19.1. The molecule has 1 fully saturated rings. The van der Waals surface area contributed by atoms with Crippen molar-refractivity contribution in [2.24, 2.45) is 0 Å². The third-order valence-electron chi connectivity index (χ3n) is 3.19. The van der Waals surface area contributed by atoms with Gasteiger partial charge in [-0.05, 0) is 31.9 Å². The number of carbonyl (C=O) groups excluding carboxylic acids is 1. The van der Waals surface area contributed by atoms with E-state index in [9.17, 15) is 13.6 Å². The maximum atomic E-state index is 13.3. The first kappa shape index (κ1) is 13.7. The standard InChI is InChI=1S/C15H13F2NO3/c1-2-20-15(19)13-12(8-3-4-8)18-14(21-13)9-5-10(16)7-11(17)6-9/h5-8H,2-4H2,1H3. The molecule has 4 nitrogen and oxygen atoms in total. The van der Waals surface area contributed by atoms with Crippen molar-refractivity contribution in [3.05, 3.63) is 41.3 Å². The summed E-state index contributed by atoms with van der Waals surface area (Å²) in [6, 6.07) is 2.99. The minimum atomic E-state index is -0.728. The van der Waals surface area contributed by atoms with Gasteiger partial charge < -0.3 is 9.15 Å². The van der Waals surface area contributed by atoms with Gasteiger partial charge in [0.1, 0.15) is 11.6 Å². The molecule has 1 saturated carbocycles. The van der Waals surface area contributed by atoms with E-state index in [1.807, 2.05) is 0 Å². The molecular weight excluding hydrogens is 280 g/mol. The summed E-state index contributed by atoms with van der Waals surface area (Å²) >= 11 is 0. The molecule has 0 N–H and O–H groups in total. The van der Waals surface area contributed by atoms with Gasteiger partial charge in [0.15, 0.2) is 0 Å². The van der Waals surface area contributed by atoms with E-state index in [4.69, 9.17) is 9.15 Å². The second-order valence-corrected chi connectivity index (χ2v) is 4.89. The van der Waals surface area contributed by atoms with Crippen LogP contribution in [-0.2, 0) is 4.74 Å². The molecule has 0 radical (unpaired) electrons. The number of carbonyl (C=O) groups is 1. The van der Waals surface area contributed by atoms with Crippen LogP contribution in [0.3, 0.4) is 0 Å². The van der Waals surface area contributed by atoms with Crippen LogP contribution in [0, 0.1) is 11.6 Å². The van der Waals surface area contributed by atoms with Crippen molar-refractivity contribution >= 4 is 5.97 Å². The lowest BCUT2D eigenvalue weighted by Gasteiger charge is -1.99. The largest absolute Gasteiger partial charge is 0.460 e. The van der Waals surface area contributed by atoms with Crippen LogP contribution in [0.15, 0.2) is 22.6 Å². The van der Waals surface area contributed by atoms with Gasteiger partial charge in [-0.1, -0.05) is 0 Å². The molecule has 1 aliphatic rings. The van der Waals surface area contributed by atoms with E-state index < -0.39 is 17.6 Å². The smallest absolute Gasteiger partial charge is 0.376 e. The molecule has 0 atom stereocenters. The number of nitrogens with zero attached hydrogens (tertiary/aromatic N) is 1. The maximum Gasteiger partial charge on any atom is 0.376 e. The summed E-state index contributed by atoms with van der Waals surface area (Å²) in [7, 11) is 0. The normalized spacial score (nSPS) is 14.2. The van der Waals surface area contributed by atoms with Crippen molar-refractivity contribution in [1.29, 1.82) is 0 Å². The molecule has 1 aliphatic carbocycles. The third-order valence-corrected chi connectivity index (χ3v) is 3.19. The number of oxazole rings is 1. The van der Waals surface area contributed by atoms with Gasteiger partial charge in [-0.15, -0.1) is 0 Å². The summed E-state index contributed by atoms with van der Waals surface area (Å²) in [5.41, 5.74) is 0.665. The van der Waals surface area contributed by atoms with E-state index in [1.165, 1.54) is 0 Å². The fourth-order valence-corrected chi connectivity index (χ4v) is 2.11. The molecule has 3 rings (SSSR count). The molecule has 2 aromatic rings. The topological polar surface area (TPSA) is 52.3 Å². The summed E-state index contributed by atoms with van der Waals surface area (Å²) in [5.74, 6) is -1.85. The average Bonchev–Trinajstić information content (AvgIpc) is 3.16. The van der Waals surface area contributed by atoms with Crippen LogP contribution in [0.4, 0.5) is 8.78 Å². The third kappa shape index (κ3) is 2.79. The van der Waals surface area contributed by atoms with Gasteiger partial charge in [0, 0.05) is 17.5 Å². The highest BCUT2D eigenvalue weighted by Crippen LogP contribution is 2.42. The fourth-order valence-electron chi connectivity index (χ4n) is 2.11. The van der Waals surface area contributed by atoms with Gasteiger partial charge in [0.25, 0.3) is 0 Å². The average molecular weight is 293 g/mol. The quantitative estimate of drug-likeness (QED) is 0.807. The number of hydrogen-bond donors (Lipinski definition) is 0. The van der Waals surface area contributed by atoms with Crippen LogP contribution in [0.2, 0.25) is 0 Å². The second kappa shape index (κ2) is 5.27. The number of rotatable bonds is 4. The van der Waals surface area contributed by atoms with E-state index >= 15 is 0 Å². The van der Waals surface area contributed by atoms with Crippen LogP contribution >= 0.6 is 0 Å². The molecule has 1 heterocycles. The molecule has 1 aromatic heterocycles. The predicted octanol–water partition coefficient (Wildman–Crippen LogP) is 3.67. The van der Waals surface area contributed by atoms with Gasteiger partial charge in [-0.3, -0.25) is 0 Å². The van der Waals surface area contributed by atoms with E-state index in [1.54, 1.807) is 6.92 Å². The first-order valence-corrected chi connectivity index (χ1v) is 6.72. The molecule has 6 heteroatoms. The highest BCUT2D eigenvalue weighted by molar-refractivity contribution is 5.88. The lowest BCUT2D eigenvalue weighted by molar-refractivity contribution is 0.0489. The number of halogens is 2. The van der Waals surface area contributed by atoms with Crippen molar-refractivity contribution < 1.29 is 22.7 Å². The Kier molecular flexibility index (Phi) is 3.45. The molecule has 0 saturated heterocycles. The van der Waals surface area contributed by atoms with Crippen molar-refractivity contribution in [2.45, 2.75) is 25.7 Å². The summed E-state index contributed by atoms with van der Waals surface area (Å²) in [5, 5.41) is 0. The molecule has 0 bridgehead atoms.